The summed E-state index contributed by atoms with van der Waals surface area (Å²) in [5.41, 5.74) is 13.5. The van der Waals surface area contributed by atoms with E-state index in [4.69, 9.17) is 0 Å². The fourth-order valence-corrected chi connectivity index (χ4v) is 16.0. The van der Waals surface area contributed by atoms with Crippen LogP contribution in [0.1, 0.15) is 449 Å². The minimum atomic E-state index is 0.436. The topological polar surface area (TPSA) is 168 Å². The Hall–Kier alpha value is -8.05. The third-order valence-electron chi connectivity index (χ3n) is 23.2. The summed E-state index contributed by atoms with van der Waals surface area (Å²) < 4.78 is 0. The van der Waals surface area contributed by atoms with Gasteiger partial charge in [-0.2, -0.15) is 10.2 Å². The van der Waals surface area contributed by atoms with Crippen LogP contribution in [0.15, 0.2) is 218 Å². The molecule has 9 heterocycles. The predicted molar refractivity (Wildman–Crippen MR) is 567 cm³/mol. The van der Waals surface area contributed by atoms with Crippen molar-refractivity contribution < 1.29 is 0 Å². The summed E-state index contributed by atoms with van der Waals surface area (Å²) in [6, 6.07) is 36.8. The van der Waals surface area contributed by atoms with Crippen LogP contribution in [0.4, 0.5) is 0 Å². The first-order valence-corrected chi connectivity index (χ1v) is 52.4. The van der Waals surface area contributed by atoms with Gasteiger partial charge in [0, 0.05) is 114 Å². The van der Waals surface area contributed by atoms with E-state index < -0.39 is 0 Å². The van der Waals surface area contributed by atoms with Gasteiger partial charge in [0.1, 0.15) is 12.2 Å². The van der Waals surface area contributed by atoms with Crippen molar-refractivity contribution in [3.63, 3.8) is 0 Å². The van der Waals surface area contributed by atoms with E-state index in [0.717, 1.165) is 70.2 Å². The van der Waals surface area contributed by atoms with Gasteiger partial charge in [0.2, 0.25) is 0 Å². The van der Waals surface area contributed by atoms with Gasteiger partial charge >= 0.3 is 0 Å². The van der Waals surface area contributed by atoms with Crippen LogP contribution in [0.2, 0.25) is 0 Å². The van der Waals surface area contributed by atoms with Crippen LogP contribution in [0, 0.1) is 47.3 Å². The highest BCUT2D eigenvalue weighted by Gasteiger charge is 2.20. The van der Waals surface area contributed by atoms with Crippen molar-refractivity contribution in [1.82, 2.24) is 65.0 Å². The van der Waals surface area contributed by atoms with Gasteiger partial charge in [-0.1, -0.05) is 396 Å². The molecule has 0 N–H and O–H groups in total. The minimum absolute atomic E-state index is 0.436. The Labute approximate surface area is 807 Å². The Balaban J connectivity index is 0.000000697. The molecule has 15 rings (SSSR count). The maximum atomic E-state index is 4.18. The van der Waals surface area contributed by atoms with Crippen LogP contribution in [0.3, 0.4) is 0 Å². The zero-order valence-corrected chi connectivity index (χ0v) is 89.5. The molecule has 11 aromatic rings. The normalized spacial score (nSPS) is 13.5. The molecule has 9 aromatic heterocycles. The second-order valence-corrected chi connectivity index (χ2v) is 41.7. The molecule has 4 saturated carbocycles. The van der Waals surface area contributed by atoms with E-state index in [0.29, 0.717) is 65.1 Å². The summed E-state index contributed by atoms with van der Waals surface area (Å²) in [5.74, 6) is 15.1. The molecule has 0 unspecified atom stereocenters. The molecule has 16 heteroatoms. The molecule has 0 saturated heterocycles. The number of hydrogen-bond acceptors (Lipinski definition) is 16. The van der Waals surface area contributed by atoms with E-state index in [9.17, 15) is 0 Å². The van der Waals surface area contributed by atoms with Crippen LogP contribution in [0.5, 0.6) is 0 Å². The lowest BCUT2D eigenvalue weighted by Gasteiger charge is -2.24. The van der Waals surface area contributed by atoms with Crippen LogP contribution >= 0.6 is 34.0 Å². The average molecular weight is 1830 g/mol. The number of hydrogen-bond donors (Lipinski definition) is 0. The molecule has 4 aliphatic rings. The third-order valence-corrected chi connectivity index (χ3v) is 25.9. The first kappa shape index (κ1) is 120. The smallest absolute Gasteiger partial charge is 0.130 e. The largest absolute Gasteiger partial charge is 0.264 e. The Bertz CT molecular complexity index is 3490. The average Bonchev–Trinajstić information content (AvgIpc) is 1.52. The number of rotatable bonds is 15. The van der Waals surface area contributed by atoms with E-state index in [1.54, 1.807) is 83.7 Å². The van der Waals surface area contributed by atoms with E-state index in [1.807, 2.05) is 108 Å². The van der Waals surface area contributed by atoms with Crippen molar-refractivity contribution in [3.8, 4) is 0 Å². The van der Waals surface area contributed by atoms with Gasteiger partial charge in [0.15, 0.2) is 0 Å². The van der Waals surface area contributed by atoms with Crippen molar-refractivity contribution >= 4 is 34.0 Å². The van der Waals surface area contributed by atoms with Gasteiger partial charge in [0.25, 0.3) is 0 Å². The maximum absolute atomic E-state index is 4.18. The standard InChI is InChI=1S/2C9H18.2C9H12.2C8H11N.2C8H16.4C7H10N2.3C6H9NS/c4*1-8(2)9-6-4-3-5-7-9;1-7(2)8-4-3-5-9-6-8;1-7(2)8-5-3-4-6-9-8;2*1-7(2)8-5-3-4-6-8;1-6(2)7-3-8-5-9-4-7;1-6(2)7-5-8-3-4-9-7;1-6(2)7-8-4-3-5-9-7;1-6(2)7-4-3-5-8-9-7;1-5(2)6-3-8-4-7-6;1-5(2)6-3-7-4-8-6;1-5(2)6-7-3-4-8-6/h2*8-9H,3-7H2,1-2H3;2*3-8H,1-2H3;2*3-7H,1-2H3;2*7-8H,3-6H2,1-2H3;4*3-6H,1-2H3;3*3-5H,1-2H3. The molecular weight excluding hydrogens is 1650 g/mol. The highest BCUT2D eigenvalue weighted by molar-refractivity contribution is 7.10. The molecule has 0 bridgehead atoms. The molecule has 720 valence electrons. The first-order valence-electron chi connectivity index (χ1n) is 49.7. The summed E-state index contributed by atoms with van der Waals surface area (Å²) in [6.07, 6.45) is 51.8. The Morgan fingerprint density at radius 1 is 0.254 bits per heavy atom. The third kappa shape index (κ3) is 60.9. The van der Waals surface area contributed by atoms with Gasteiger partial charge in [0.05, 0.1) is 33.1 Å². The van der Waals surface area contributed by atoms with Gasteiger partial charge < -0.3 is 0 Å². The first-order chi connectivity index (χ1) is 62.1. The molecule has 0 amide bonds. The van der Waals surface area contributed by atoms with Gasteiger partial charge in [-0.25, -0.2) is 29.9 Å². The molecule has 0 aliphatic heterocycles. The number of benzene rings is 2. The summed E-state index contributed by atoms with van der Waals surface area (Å²) >= 11 is 5.10. The Morgan fingerprint density at radius 3 is 0.900 bits per heavy atom. The summed E-state index contributed by atoms with van der Waals surface area (Å²) in [5, 5.41) is 13.0. The van der Waals surface area contributed by atoms with Crippen LogP contribution in [-0.2, 0) is 0 Å². The zero-order chi connectivity index (χ0) is 96.8. The molecule has 2 aromatic carbocycles. The van der Waals surface area contributed by atoms with E-state index in [-0.39, 0.29) is 0 Å². The summed E-state index contributed by atoms with van der Waals surface area (Å²) in [4.78, 5) is 45.8. The summed E-state index contributed by atoms with van der Waals surface area (Å²) in [6.45, 7) is 66.0. The Morgan fingerprint density at radius 2 is 0.662 bits per heavy atom. The number of nitrogens with zero attached hydrogens (tertiary/aromatic N) is 13. The molecule has 13 nitrogen and oxygen atoms in total. The van der Waals surface area contributed by atoms with E-state index in [1.165, 1.54) is 153 Å². The van der Waals surface area contributed by atoms with Gasteiger partial charge in [-0.05, 0) is 159 Å². The fraction of sp³-hybridized carbons (Fsp3) is 0.588. The lowest BCUT2D eigenvalue weighted by molar-refractivity contribution is 0.279. The molecule has 4 aliphatic carbocycles. The van der Waals surface area contributed by atoms with Crippen molar-refractivity contribution in [3.05, 3.63) is 279 Å². The summed E-state index contributed by atoms with van der Waals surface area (Å²) in [7, 11) is 0. The highest BCUT2D eigenvalue weighted by Crippen LogP contribution is 2.33. The lowest BCUT2D eigenvalue weighted by atomic mass is 9.82. The van der Waals surface area contributed by atoms with E-state index >= 15 is 0 Å². The van der Waals surface area contributed by atoms with E-state index in [2.05, 4.69) is 333 Å². The van der Waals surface area contributed by atoms with Crippen molar-refractivity contribution in [2.75, 3.05) is 0 Å². The Kier molecular flexibility index (Phi) is 69.5. The molecule has 4 fully saturated rings. The number of pyridine rings is 2. The SMILES string of the molecule is CC(C)C1CCCC1.CC(C)C1CCCC1.CC(C)C1CCCCC1.CC(C)C1CCCCC1.CC(C)c1ccccc1.CC(C)c1ccccc1.CC(C)c1ccccn1.CC(C)c1cccnc1.CC(C)c1cccnn1.CC(C)c1cnccn1.CC(C)c1cncnc1.CC(C)c1cncs1.CC(C)c1cscn1.CC(C)c1ncccn1.CC(C)c1nccs1. The zero-order valence-electron chi connectivity index (χ0n) is 87.0. The number of thiazole rings is 3. The van der Waals surface area contributed by atoms with Gasteiger partial charge in [-0.3, -0.25) is 24.9 Å². The molecule has 0 radical (unpaired) electrons. The molecule has 0 spiro atoms. The van der Waals surface area contributed by atoms with Crippen molar-refractivity contribution in [2.45, 2.75) is 388 Å². The maximum Gasteiger partial charge on any atom is 0.130 e. The highest BCUT2D eigenvalue weighted by atomic mass is 32.1. The molecule has 130 heavy (non-hydrogen) atoms. The quantitative estimate of drug-likeness (QED) is 0.0952. The second kappa shape index (κ2) is 75.4. The minimum Gasteiger partial charge on any atom is -0.264 e. The number of aromatic nitrogens is 13. The van der Waals surface area contributed by atoms with Crippen molar-refractivity contribution in [1.29, 1.82) is 0 Å². The van der Waals surface area contributed by atoms with Crippen LogP contribution in [-0.4, -0.2) is 65.0 Å². The predicted octanol–water partition coefficient (Wildman–Crippen LogP) is 35.3. The fourth-order valence-electron chi connectivity index (χ4n) is 13.9. The van der Waals surface area contributed by atoms with Crippen molar-refractivity contribution in [2.24, 2.45) is 47.3 Å². The van der Waals surface area contributed by atoms with Crippen LogP contribution < -0.4 is 0 Å². The van der Waals surface area contributed by atoms with Crippen LogP contribution in [0.25, 0.3) is 0 Å². The second-order valence-electron chi connectivity index (χ2n) is 39.2. The lowest BCUT2D eigenvalue weighted by Crippen LogP contribution is -2.12. The van der Waals surface area contributed by atoms with Gasteiger partial charge in [-0.15, -0.1) is 34.0 Å². The monoisotopic (exact) mass is 1830 g/mol. The molecular formula is C114H181N13S3. The molecule has 0 atom stereocenters.